The smallest absolute Gasteiger partial charge is 0.338 e. The van der Waals surface area contributed by atoms with Gasteiger partial charge in [-0.3, -0.25) is 4.79 Å². The van der Waals surface area contributed by atoms with Gasteiger partial charge >= 0.3 is 11.9 Å². The molecular formula is C20H22O6. The first-order valence-corrected chi connectivity index (χ1v) is 8.10. The summed E-state index contributed by atoms with van der Waals surface area (Å²) in [6, 6.07) is 16.7. The molecule has 6 nitrogen and oxygen atoms in total. The SMILES string of the molecule is COC(=O)C[C@@](O)(Cc1ccc(OCc2ccccc2)cc1)C(=O)OC. The number of methoxy groups -OCH3 is 2. The van der Waals surface area contributed by atoms with Crippen LogP contribution in [0.1, 0.15) is 17.5 Å². The van der Waals surface area contributed by atoms with Crippen molar-refractivity contribution < 1.29 is 28.9 Å². The van der Waals surface area contributed by atoms with Gasteiger partial charge in [0.25, 0.3) is 0 Å². The molecular weight excluding hydrogens is 336 g/mol. The van der Waals surface area contributed by atoms with Gasteiger partial charge in [-0.05, 0) is 23.3 Å². The minimum Gasteiger partial charge on any atom is -0.489 e. The molecule has 0 unspecified atom stereocenters. The van der Waals surface area contributed by atoms with Crippen molar-refractivity contribution in [1.82, 2.24) is 0 Å². The summed E-state index contributed by atoms with van der Waals surface area (Å²) < 4.78 is 14.9. The van der Waals surface area contributed by atoms with Crippen LogP contribution < -0.4 is 4.74 Å². The molecule has 0 fully saturated rings. The highest BCUT2D eigenvalue weighted by Crippen LogP contribution is 2.22. The molecule has 0 aliphatic rings. The number of carbonyl (C=O) groups excluding carboxylic acids is 2. The summed E-state index contributed by atoms with van der Waals surface area (Å²) in [5.41, 5.74) is -0.266. The average Bonchev–Trinajstić information content (AvgIpc) is 2.67. The van der Waals surface area contributed by atoms with Gasteiger partial charge in [-0.2, -0.15) is 0 Å². The number of esters is 2. The van der Waals surface area contributed by atoms with Gasteiger partial charge in [0.1, 0.15) is 12.4 Å². The normalized spacial score (nSPS) is 12.7. The lowest BCUT2D eigenvalue weighted by molar-refractivity contribution is -0.169. The Balaban J connectivity index is 2.03. The summed E-state index contributed by atoms with van der Waals surface area (Å²) in [5, 5.41) is 10.5. The summed E-state index contributed by atoms with van der Waals surface area (Å²) in [6.45, 7) is 0.439. The Morgan fingerprint density at radius 2 is 1.58 bits per heavy atom. The number of rotatable bonds is 8. The Kier molecular flexibility index (Phi) is 6.74. The number of carbonyl (C=O) groups is 2. The lowest BCUT2D eigenvalue weighted by atomic mass is 9.91. The van der Waals surface area contributed by atoms with Gasteiger partial charge in [-0.25, -0.2) is 4.79 Å². The first-order chi connectivity index (χ1) is 12.5. The zero-order valence-electron chi connectivity index (χ0n) is 14.8. The van der Waals surface area contributed by atoms with Crippen LogP contribution in [0.5, 0.6) is 5.75 Å². The van der Waals surface area contributed by atoms with Gasteiger partial charge in [0.05, 0.1) is 20.6 Å². The molecule has 2 aromatic rings. The van der Waals surface area contributed by atoms with E-state index < -0.39 is 24.0 Å². The lowest BCUT2D eigenvalue weighted by Crippen LogP contribution is -2.44. The molecule has 0 saturated carbocycles. The largest absolute Gasteiger partial charge is 0.489 e. The highest BCUT2D eigenvalue weighted by atomic mass is 16.5. The van der Waals surface area contributed by atoms with Gasteiger partial charge in [0.2, 0.25) is 0 Å². The van der Waals surface area contributed by atoms with Gasteiger partial charge < -0.3 is 19.3 Å². The third-order valence-corrected chi connectivity index (χ3v) is 3.90. The van der Waals surface area contributed by atoms with E-state index in [-0.39, 0.29) is 6.42 Å². The summed E-state index contributed by atoms with van der Waals surface area (Å²) in [7, 11) is 2.35. The molecule has 26 heavy (non-hydrogen) atoms. The van der Waals surface area contributed by atoms with Crippen LogP contribution in [0.25, 0.3) is 0 Å². The van der Waals surface area contributed by atoms with E-state index in [1.807, 2.05) is 30.3 Å². The van der Waals surface area contributed by atoms with Gasteiger partial charge in [0, 0.05) is 6.42 Å². The summed E-state index contributed by atoms with van der Waals surface area (Å²) in [6.07, 6.45) is -0.559. The maximum absolute atomic E-state index is 11.9. The zero-order valence-corrected chi connectivity index (χ0v) is 14.8. The quantitative estimate of drug-likeness (QED) is 0.729. The monoisotopic (exact) mass is 358 g/mol. The molecule has 0 spiro atoms. The molecule has 0 radical (unpaired) electrons. The van der Waals surface area contributed by atoms with E-state index in [4.69, 9.17) is 4.74 Å². The highest BCUT2D eigenvalue weighted by molar-refractivity contribution is 5.85. The van der Waals surface area contributed by atoms with Crippen molar-refractivity contribution in [3.63, 3.8) is 0 Å². The molecule has 2 aromatic carbocycles. The molecule has 138 valence electrons. The molecule has 0 heterocycles. The van der Waals surface area contributed by atoms with Crippen LogP contribution in [-0.4, -0.2) is 36.9 Å². The molecule has 6 heteroatoms. The molecule has 1 atom stereocenters. The number of ether oxygens (including phenoxy) is 3. The standard InChI is InChI=1S/C20H22O6/c1-24-18(21)13-20(23,19(22)25-2)12-15-8-10-17(11-9-15)26-14-16-6-4-3-5-7-16/h3-11,23H,12-14H2,1-2H3/t20-/m0/s1. The summed E-state index contributed by atoms with van der Waals surface area (Å²) >= 11 is 0. The Hall–Kier alpha value is -2.86. The molecule has 0 aliphatic heterocycles. The molecule has 0 saturated heterocycles. The predicted octanol–water partition coefficient (Wildman–Crippen LogP) is 2.28. The average molecular weight is 358 g/mol. The van der Waals surface area contributed by atoms with Crippen LogP contribution >= 0.6 is 0 Å². The van der Waals surface area contributed by atoms with Gasteiger partial charge in [-0.1, -0.05) is 42.5 Å². The van der Waals surface area contributed by atoms with Gasteiger partial charge in [-0.15, -0.1) is 0 Å². The second-order valence-electron chi connectivity index (χ2n) is 5.87. The molecule has 1 N–H and O–H groups in total. The molecule has 0 amide bonds. The van der Waals surface area contributed by atoms with E-state index in [0.29, 0.717) is 17.9 Å². The van der Waals surface area contributed by atoms with Crippen molar-refractivity contribution in [2.45, 2.75) is 25.0 Å². The van der Waals surface area contributed by atoms with Crippen LogP contribution in [0, 0.1) is 0 Å². The Morgan fingerprint density at radius 3 is 2.15 bits per heavy atom. The van der Waals surface area contributed by atoms with E-state index >= 15 is 0 Å². The summed E-state index contributed by atoms with van der Waals surface area (Å²) in [5.74, 6) is -0.916. The van der Waals surface area contributed by atoms with Crippen molar-refractivity contribution in [2.24, 2.45) is 0 Å². The number of benzene rings is 2. The van der Waals surface area contributed by atoms with Crippen molar-refractivity contribution in [3.8, 4) is 5.75 Å². The fraction of sp³-hybridized carbons (Fsp3) is 0.300. The van der Waals surface area contributed by atoms with Crippen LogP contribution in [0.2, 0.25) is 0 Å². The topological polar surface area (TPSA) is 82.1 Å². The minimum absolute atomic E-state index is 0.0757. The van der Waals surface area contributed by atoms with Crippen LogP contribution in [0.4, 0.5) is 0 Å². The van der Waals surface area contributed by atoms with Crippen molar-refractivity contribution in [2.75, 3.05) is 14.2 Å². The Morgan fingerprint density at radius 1 is 0.923 bits per heavy atom. The summed E-state index contributed by atoms with van der Waals surface area (Å²) in [4.78, 5) is 23.4. The number of hydrogen-bond donors (Lipinski definition) is 1. The second-order valence-corrected chi connectivity index (χ2v) is 5.87. The van der Waals surface area contributed by atoms with E-state index in [2.05, 4.69) is 9.47 Å². The molecule has 0 aliphatic carbocycles. The third kappa shape index (κ3) is 5.32. The Bertz CT molecular complexity index is 726. The maximum Gasteiger partial charge on any atom is 0.338 e. The third-order valence-electron chi connectivity index (χ3n) is 3.90. The molecule has 0 bridgehead atoms. The maximum atomic E-state index is 11.9. The first-order valence-electron chi connectivity index (χ1n) is 8.10. The Labute approximate surface area is 152 Å². The number of aliphatic hydroxyl groups is 1. The number of hydrogen-bond acceptors (Lipinski definition) is 6. The lowest BCUT2D eigenvalue weighted by Gasteiger charge is -2.24. The van der Waals surface area contributed by atoms with Gasteiger partial charge in [0.15, 0.2) is 5.60 Å². The van der Waals surface area contributed by atoms with E-state index in [0.717, 1.165) is 12.7 Å². The van der Waals surface area contributed by atoms with Crippen molar-refractivity contribution >= 4 is 11.9 Å². The fourth-order valence-electron chi connectivity index (χ4n) is 2.49. The first kappa shape index (κ1) is 19.5. The van der Waals surface area contributed by atoms with Crippen LogP contribution in [0.3, 0.4) is 0 Å². The van der Waals surface area contributed by atoms with Crippen LogP contribution in [-0.2, 0) is 32.1 Å². The van der Waals surface area contributed by atoms with Crippen molar-refractivity contribution in [1.29, 1.82) is 0 Å². The van der Waals surface area contributed by atoms with E-state index in [9.17, 15) is 14.7 Å². The predicted molar refractivity (Wildman–Crippen MR) is 94.5 cm³/mol. The van der Waals surface area contributed by atoms with Crippen LogP contribution in [0.15, 0.2) is 54.6 Å². The highest BCUT2D eigenvalue weighted by Gasteiger charge is 2.40. The molecule has 2 rings (SSSR count). The molecule has 0 aromatic heterocycles. The second kappa shape index (κ2) is 9.01. The zero-order chi connectivity index (χ0) is 19.0. The van der Waals surface area contributed by atoms with E-state index in [1.165, 1.54) is 7.11 Å². The minimum atomic E-state index is -1.98. The van der Waals surface area contributed by atoms with E-state index in [1.54, 1.807) is 24.3 Å². The fourth-order valence-corrected chi connectivity index (χ4v) is 2.49. The van der Waals surface area contributed by atoms with Crippen molar-refractivity contribution in [3.05, 3.63) is 65.7 Å².